The number of hydrogen-bond donors (Lipinski definition) is 1. The van der Waals surface area contributed by atoms with E-state index in [1.807, 2.05) is 80.6 Å². The fourth-order valence-electron chi connectivity index (χ4n) is 3.68. The fourth-order valence-corrected chi connectivity index (χ4v) is 3.68. The van der Waals surface area contributed by atoms with Gasteiger partial charge in [-0.25, -0.2) is 0 Å². The summed E-state index contributed by atoms with van der Waals surface area (Å²) in [5.74, 6) is 0.975. The van der Waals surface area contributed by atoms with Crippen LogP contribution in [0.4, 0.5) is 0 Å². The number of carbonyl (C=O) groups excluding carboxylic acids is 2. The van der Waals surface area contributed by atoms with Crippen LogP contribution in [0.2, 0.25) is 0 Å². The quantitative estimate of drug-likeness (QED) is 0.520. The van der Waals surface area contributed by atoms with Crippen molar-refractivity contribution in [2.24, 2.45) is 0 Å². The smallest absolute Gasteiger partial charge is 0.261 e. The maximum absolute atomic E-state index is 13.3. The first-order valence-corrected chi connectivity index (χ1v) is 10.9. The first-order valence-electron chi connectivity index (χ1n) is 10.9. The molecule has 0 fully saturated rings. The van der Waals surface area contributed by atoms with Crippen molar-refractivity contribution in [1.29, 1.82) is 0 Å². The monoisotopic (exact) mass is 434 g/mol. The van der Waals surface area contributed by atoms with Crippen molar-refractivity contribution >= 4 is 22.6 Å². The molecule has 3 aromatic carbocycles. The molecular weight excluding hydrogens is 404 g/mol. The molecule has 0 aliphatic heterocycles. The van der Waals surface area contributed by atoms with Gasteiger partial charge in [0.1, 0.15) is 17.5 Å². The van der Waals surface area contributed by atoms with Gasteiger partial charge in [0.2, 0.25) is 5.91 Å². The number of fused-ring (bicyclic) bond motifs is 1. The molecule has 0 aliphatic rings. The summed E-state index contributed by atoms with van der Waals surface area (Å²) >= 11 is 0. The number of methoxy groups -OCH3 is 1. The second kappa shape index (κ2) is 11.2. The van der Waals surface area contributed by atoms with E-state index < -0.39 is 6.04 Å². The highest BCUT2D eigenvalue weighted by molar-refractivity contribution is 5.90. The Balaban J connectivity index is 1.81. The molecule has 0 aliphatic carbocycles. The van der Waals surface area contributed by atoms with Gasteiger partial charge in [-0.15, -0.1) is 0 Å². The van der Waals surface area contributed by atoms with Crippen LogP contribution in [-0.2, 0) is 16.1 Å². The lowest BCUT2D eigenvalue weighted by Crippen LogP contribution is -2.50. The van der Waals surface area contributed by atoms with Crippen molar-refractivity contribution in [3.05, 3.63) is 72.3 Å². The topological polar surface area (TPSA) is 67.9 Å². The van der Waals surface area contributed by atoms with Crippen LogP contribution in [0, 0.1) is 0 Å². The van der Waals surface area contributed by atoms with E-state index in [1.165, 1.54) is 0 Å². The van der Waals surface area contributed by atoms with Gasteiger partial charge in [-0.1, -0.05) is 55.5 Å². The number of benzene rings is 3. The van der Waals surface area contributed by atoms with Crippen LogP contribution in [0.25, 0.3) is 10.8 Å². The van der Waals surface area contributed by atoms with E-state index in [4.69, 9.17) is 9.47 Å². The van der Waals surface area contributed by atoms with Gasteiger partial charge in [0.05, 0.1) is 7.11 Å². The number of nitrogens with one attached hydrogen (secondary N) is 1. The summed E-state index contributed by atoms with van der Waals surface area (Å²) in [5, 5.41) is 4.83. The largest absolute Gasteiger partial charge is 0.497 e. The third-order valence-electron chi connectivity index (χ3n) is 5.35. The molecule has 0 unspecified atom stereocenters. The molecule has 0 spiro atoms. The highest BCUT2D eigenvalue weighted by atomic mass is 16.5. The molecule has 32 heavy (non-hydrogen) atoms. The molecule has 1 atom stereocenters. The normalized spacial score (nSPS) is 11.6. The highest BCUT2D eigenvalue weighted by Crippen LogP contribution is 2.25. The number of ether oxygens (including phenoxy) is 2. The van der Waals surface area contributed by atoms with E-state index in [-0.39, 0.29) is 18.4 Å². The van der Waals surface area contributed by atoms with Crippen molar-refractivity contribution in [3.63, 3.8) is 0 Å². The zero-order valence-electron chi connectivity index (χ0n) is 18.8. The molecular formula is C26H30N2O4. The molecule has 1 N–H and O–H groups in total. The molecule has 168 valence electrons. The Hall–Kier alpha value is -3.54. The summed E-state index contributed by atoms with van der Waals surface area (Å²) in [6.07, 6.45) is 0.502. The average Bonchev–Trinajstić information content (AvgIpc) is 2.83. The molecule has 6 heteroatoms. The van der Waals surface area contributed by atoms with Gasteiger partial charge in [-0.05, 0) is 42.5 Å². The molecule has 0 saturated carbocycles. The Labute approximate surface area is 189 Å². The lowest BCUT2D eigenvalue weighted by Gasteiger charge is -2.30. The molecule has 0 saturated heterocycles. The van der Waals surface area contributed by atoms with Gasteiger partial charge in [0.25, 0.3) is 5.91 Å². The maximum atomic E-state index is 13.3. The summed E-state index contributed by atoms with van der Waals surface area (Å²) in [4.78, 5) is 27.6. The first kappa shape index (κ1) is 23.1. The van der Waals surface area contributed by atoms with E-state index in [2.05, 4.69) is 5.32 Å². The zero-order valence-corrected chi connectivity index (χ0v) is 18.8. The summed E-state index contributed by atoms with van der Waals surface area (Å²) in [6.45, 7) is 4.42. The lowest BCUT2D eigenvalue weighted by molar-refractivity contribution is -0.142. The molecule has 6 nitrogen and oxygen atoms in total. The van der Waals surface area contributed by atoms with E-state index >= 15 is 0 Å². The van der Waals surface area contributed by atoms with E-state index in [0.29, 0.717) is 25.3 Å². The molecule has 3 aromatic rings. The number of nitrogens with zero attached hydrogens (tertiary/aromatic N) is 1. The second-order valence-corrected chi connectivity index (χ2v) is 7.45. The van der Waals surface area contributed by atoms with Crippen molar-refractivity contribution in [1.82, 2.24) is 10.2 Å². The van der Waals surface area contributed by atoms with Gasteiger partial charge in [-0.2, -0.15) is 0 Å². The fraction of sp³-hybridized carbons (Fsp3) is 0.308. The minimum atomic E-state index is -0.583. The SMILES string of the molecule is CCNC(=O)[C@H](CC)N(Cc1ccc(OC)cc1)C(=O)COc1cccc2ccccc12. The molecule has 2 amide bonds. The highest BCUT2D eigenvalue weighted by Gasteiger charge is 2.28. The molecule has 0 aromatic heterocycles. The van der Waals surface area contributed by atoms with E-state index in [9.17, 15) is 9.59 Å². The number of amides is 2. The Bertz CT molecular complexity index is 1040. The minimum absolute atomic E-state index is 0.153. The first-order chi connectivity index (χ1) is 15.6. The number of likely N-dealkylation sites (N-methyl/N-ethyl adjacent to an activating group) is 1. The van der Waals surface area contributed by atoms with Gasteiger partial charge >= 0.3 is 0 Å². The summed E-state index contributed by atoms with van der Waals surface area (Å²) < 4.78 is 11.1. The third kappa shape index (κ3) is 5.58. The van der Waals surface area contributed by atoms with Gasteiger partial charge in [0.15, 0.2) is 6.61 Å². The average molecular weight is 435 g/mol. The zero-order chi connectivity index (χ0) is 22.9. The van der Waals surface area contributed by atoms with Crippen LogP contribution in [0.3, 0.4) is 0 Å². The number of carbonyl (C=O) groups is 2. The van der Waals surface area contributed by atoms with Gasteiger partial charge in [0, 0.05) is 18.5 Å². The van der Waals surface area contributed by atoms with Crippen LogP contribution >= 0.6 is 0 Å². The van der Waals surface area contributed by atoms with Crippen LogP contribution in [0.5, 0.6) is 11.5 Å². The maximum Gasteiger partial charge on any atom is 0.261 e. The van der Waals surface area contributed by atoms with Crippen LogP contribution < -0.4 is 14.8 Å². The van der Waals surface area contributed by atoms with Crippen molar-refractivity contribution in [2.75, 3.05) is 20.3 Å². The van der Waals surface area contributed by atoms with Gasteiger partial charge < -0.3 is 19.7 Å². The predicted octanol–water partition coefficient (Wildman–Crippen LogP) is 4.17. The van der Waals surface area contributed by atoms with Gasteiger partial charge in [-0.3, -0.25) is 9.59 Å². The standard InChI is InChI=1S/C26H30N2O4/c1-4-23(26(30)27-5-2)28(17-19-13-15-21(31-3)16-14-19)25(29)18-32-24-12-8-10-20-9-6-7-11-22(20)24/h6-16,23H,4-5,17-18H2,1-3H3,(H,27,30)/t23-/m0/s1. The summed E-state index contributed by atoms with van der Waals surface area (Å²) in [6, 6.07) is 20.5. The Morgan fingerprint density at radius 2 is 1.69 bits per heavy atom. The Morgan fingerprint density at radius 3 is 2.38 bits per heavy atom. The Morgan fingerprint density at radius 1 is 0.969 bits per heavy atom. The predicted molar refractivity (Wildman–Crippen MR) is 126 cm³/mol. The van der Waals surface area contributed by atoms with Crippen LogP contribution in [-0.4, -0.2) is 43.0 Å². The molecule has 0 radical (unpaired) electrons. The molecule has 3 rings (SSSR count). The van der Waals surface area contributed by atoms with Crippen LogP contribution in [0.1, 0.15) is 25.8 Å². The molecule has 0 bridgehead atoms. The van der Waals surface area contributed by atoms with Crippen LogP contribution in [0.15, 0.2) is 66.7 Å². The second-order valence-electron chi connectivity index (χ2n) is 7.45. The van der Waals surface area contributed by atoms with Crippen molar-refractivity contribution in [3.8, 4) is 11.5 Å². The minimum Gasteiger partial charge on any atom is -0.497 e. The number of rotatable bonds is 10. The number of hydrogen-bond acceptors (Lipinski definition) is 4. The third-order valence-corrected chi connectivity index (χ3v) is 5.35. The van der Waals surface area contributed by atoms with E-state index in [0.717, 1.165) is 22.1 Å². The Kier molecular flexibility index (Phi) is 8.08. The summed E-state index contributed by atoms with van der Waals surface area (Å²) in [7, 11) is 1.61. The summed E-state index contributed by atoms with van der Waals surface area (Å²) in [5.41, 5.74) is 0.909. The van der Waals surface area contributed by atoms with E-state index in [1.54, 1.807) is 12.0 Å². The molecule has 0 heterocycles. The van der Waals surface area contributed by atoms with Crippen molar-refractivity contribution in [2.45, 2.75) is 32.9 Å². The lowest BCUT2D eigenvalue weighted by atomic mass is 10.1. The van der Waals surface area contributed by atoms with Crippen molar-refractivity contribution < 1.29 is 19.1 Å².